The lowest BCUT2D eigenvalue weighted by molar-refractivity contribution is 0.0675. The third-order valence-corrected chi connectivity index (χ3v) is 6.21. The number of nitrogens with one attached hydrogen (secondary N) is 3. The van der Waals surface area contributed by atoms with Crippen molar-refractivity contribution in [2.75, 3.05) is 25.0 Å². The largest absolute Gasteiger partial charge is 0.338 e. The van der Waals surface area contributed by atoms with Gasteiger partial charge in [-0.25, -0.2) is 4.79 Å². The van der Waals surface area contributed by atoms with Gasteiger partial charge in [-0.15, -0.1) is 0 Å². The monoisotopic (exact) mass is 463 g/mol. The Hall–Kier alpha value is -3.88. The molecule has 3 amide bonds. The smallest absolute Gasteiger partial charge is 0.319 e. The Morgan fingerprint density at radius 3 is 2.62 bits per heavy atom. The lowest BCUT2D eigenvalue weighted by atomic mass is 9.97. The molecule has 9 heteroatoms. The van der Waals surface area contributed by atoms with Crippen molar-refractivity contribution in [3.63, 3.8) is 0 Å². The van der Waals surface area contributed by atoms with Crippen molar-refractivity contribution in [3.8, 4) is 0 Å². The summed E-state index contributed by atoms with van der Waals surface area (Å²) in [5.41, 5.74) is 2.04. The van der Waals surface area contributed by atoms with Crippen LogP contribution in [-0.4, -0.2) is 46.0 Å². The minimum Gasteiger partial charge on any atom is -0.338 e. The molecule has 0 radical (unpaired) electrons. The number of nitrogens with zero attached hydrogens (tertiary/aromatic N) is 2. The van der Waals surface area contributed by atoms with E-state index in [1.54, 1.807) is 30.0 Å². The van der Waals surface area contributed by atoms with Gasteiger partial charge in [-0.2, -0.15) is 0 Å². The zero-order valence-corrected chi connectivity index (χ0v) is 19.4. The van der Waals surface area contributed by atoms with Crippen molar-refractivity contribution in [2.24, 2.45) is 5.92 Å². The molecule has 2 aromatic carbocycles. The SMILES string of the molecule is CCn1c(=O)c(=O)[nH]c2cc(C(=O)N3CCCC(CNC(=O)Nc4ccc(C)cc4)C3)ccc21. The van der Waals surface area contributed by atoms with E-state index in [1.165, 1.54) is 4.57 Å². The van der Waals surface area contributed by atoms with Crippen molar-refractivity contribution >= 4 is 28.7 Å². The zero-order chi connectivity index (χ0) is 24.2. The molecule has 0 aliphatic carbocycles. The third-order valence-electron chi connectivity index (χ3n) is 6.21. The minimum absolute atomic E-state index is 0.134. The van der Waals surface area contributed by atoms with Crippen LogP contribution in [0.2, 0.25) is 0 Å². The summed E-state index contributed by atoms with van der Waals surface area (Å²) in [6, 6.07) is 12.3. The first-order chi connectivity index (χ1) is 16.4. The van der Waals surface area contributed by atoms with Crippen LogP contribution in [0.5, 0.6) is 0 Å². The highest BCUT2D eigenvalue weighted by Gasteiger charge is 2.25. The summed E-state index contributed by atoms with van der Waals surface area (Å²) < 4.78 is 1.40. The van der Waals surface area contributed by atoms with Gasteiger partial charge in [-0.05, 0) is 62.9 Å². The molecule has 2 heterocycles. The van der Waals surface area contributed by atoms with Gasteiger partial charge < -0.3 is 25.1 Å². The van der Waals surface area contributed by atoms with E-state index in [-0.39, 0.29) is 17.9 Å². The molecule has 0 bridgehead atoms. The van der Waals surface area contributed by atoms with E-state index >= 15 is 0 Å². The number of aromatic nitrogens is 2. The second-order valence-electron chi connectivity index (χ2n) is 8.70. The van der Waals surface area contributed by atoms with E-state index in [1.807, 2.05) is 31.2 Å². The number of aromatic amines is 1. The van der Waals surface area contributed by atoms with Gasteiger partial charge in [0, 0.05) is 37.4 Å². The molecule has 1 atom stereocenters. The number of amides is 3. The Morgan fingerprint density at radius 1 is 1.12 bits per heavy atom. The molecule has 1 aliphatic heterocycles. The van der Waals surface area contributed by atoms with Crippen molar-refractivity contribution < 1.29 is 9.59 Å². The molecule has 4 rings (SSSR count). The van der Waals surface area contributed by atoms with Gasteiger partial charge in [0.2, 0.25) is 0 Å². The van der Waals surface area contributed by atoms with E-state index in [0.29, 0.717) is 42.8 Å². The van der Waals surface area contributed by atoms with Gasteiger partial charge in [-0.1, -0.05) is 17.7 Å². The number of anilines is 1. The highest BCUT2D eigenvalue weighted by Crippen LogP contribution is 2.20. The normalized spacial score (nSPS) is 15.8. The van der Waals surface area contributed by atoms with Gasteiger partial charge in [0.25, 0.3) is 5.91 Å². The van der Waals surface area contributed by atoms with Crippen LogP contribution in [-0.2, 0) is 6.54 Å². The Kier molecular flexibility index (Phi) is 6.81. The highest BCUT2D eigenvalue weighted by molar-refractivity contribution is 5.97. The standard InChI is InChI=1S/C25H29N5O4/c1-3-30-21-11-8-18(13-20(21)28-22(31)24(30)33)23(32)29-12-4-5-17(15-29)14-26-25(34)27-19-9-6-16(2)7-10-19/h6-11,13,17H,3-5,12,14-15H2,1-2H3,(H,28,31)(H2,26,27,34). The molecule has 3 N–H and O–H groups in total. The Balaban J connectivity index is 1.40. The molecule has 34 heavy (non-hydrogen) atoms. The predicted molar refractivity (Wildman–Crippen MR) is 131 cm³/mol. The molecule has 1 aliphatic rings. The number of rotatable bonds is 5. The van der Waals surface area contributed by atoms with Crippen LogP contribution in [0.3, 0.4) is 0 Å². The average Bonchev–Trinajstić information content (AvgIpc) is 2.84. The third kappa shape index (κ3) is 5.03. The summed E-state index contributed by atoms with van der Waals surface area (Å²) in [4.78, 5) is 53.8. The van der Waals surface area contributed by atoms with Crippen LogP contribution in [0.25, 0.3) is 11.0 Å². The Bertz CT molecular complexity index is 1330. The molecule has 1 saturated heterocycles. The second-order valence-corrected chi connectivity index (χ2v) is 8.70. The maximum absolute atomic E-state index is 13.2. The number of likely N-dealkylation sites (tertiary alicyclic amines) is 1. The van der Waals surface area contributed by atoms with E-state index in [9.17, 15) is 19.2 Å². The van der Waals surface area contributed by atoms with E-state index < -0.39 is 11.1 Å². The number of hydrogen-bond donors (Lipinski definition) is 3. The van der Waals surface area contributed by atoms with Crippen LogP contribution in [0.4, 0.5) is 10.5 Å². The van der Waals surface area contributed by atoms with Crippen LogP contribution < -0.4 is 21.8 Å². The topological polar surface area (TPSA) is 116 Å². The molecule has 1 aromatic heterocycles. The van der Waals surface area contributed by atoms with E-state index in [2.05, 4.69) is 15.6 Å². The first-order valence-corrected chi connectivity index (χ1v) is 11.5. The van der Waals surface area contributed by atoms with Gasteiger partial charge in [0.05, 0.1) is 11.0 Å². The fourth-order valence-electron chi connectivity index (χ4n) is 4.37. The van der Waals surface area contributed by atoms with Crippen molar-refractivity contribution in [1.29, 1.82) is 0 Å². The lowest BCUT2D eigenvalue weighted by Gasteiger charge is -2.33. The summed E-state index contributed by atoms with van der Waals surface area (Å²) >= 11 is 0. The molecular formula is C25H29N5O4. The van der Waals surface area contributed by atoms with Crippen LogP contribution in [0.15, 0.2) is 52.1 Å². The number of fused-ring (bicyclic) bond motifs is 1. The predicted octanol–water partition coefficient (Wildman–Crippen LogP) is 2.69. The molecule has 0 saturated carbocycles. The highest BCUT2D eigenvalue weighted by atomic mass is 16.2. The number of H-pyrrole nitrogens is 1. The number of piperidine rings is 1. The number of aryl methyl sites for hydroxylation is 2. The van der Waals surface area contributed by atoms with Gasteiger partial charge in [0.15, 0.2) is 0 Å². The van der Waals surface area contributed by atoms with E-state index in [0.717, 1.165) is 24.1 Å². The molecule has 9 nitrogen and oxygen atoms in total. The number of carbonyl (C=O) groups is 2. The summed E-state index contributed by atoms with van der Waals surface area (Å²) in [7, 11) is 0. The zero-order valence-electron chi connectivity index (χ0n) is 19.4. The average molecular weight is 464 g/mol. The number of benzene rings is 2. The van der Waals surface area contributed by atoms with Crippen molar-refractivity contribution in [2.45, 2.75) is 33.2 Å². The minimum atomic E-state index is -0.702. The van der Waals surface area contributed by atoms with Gasteiger partial charge >= 0.3 is 17.1 Å². The Labute approximate surface area is 196 Å². The van der Waals surface area contributed by atoms with Gasteiger partial charge in [0.1, 0.15) is 0 Å². The summed E-state index contributed by atoms with van der Waals surface area (Å²) in [6.07, 6.45) is 1.76. The number of urea groups is 1. The van der Waals surface area contributed by atoms with Crippen LogP contribution >= 0.6 is 0 Å². The molecule has 0 spiro atoms. The maximum atomic E-state index is 13.2. The second kappa shape index (κ2) is 9.94. The Morgan fingerprint density at radius 2 is 1.88 bits per heavy atom. The molecule has 178 valence electrons. The lowest BCUT2D eigenvalue weighted by Crippen LogP contribution is -2.44. The van der Waals surface area contributed by atoms with Crippen molar-refractivity contribution in [3.05, 3.63) is 74.3 Å². The maximum Gasteiger partial charge on any atom is 0.319 e. The molecular weight excluding hydrogens is 434 g/mol. The van der Waals surface area contributed by atoms with Gasteiger partial charge in [-0.3, -0.25) is 14.4 Å². The fourth-order valence-corrected chi connectivity index (χ4v) is 4.37. The molecule has 1 unspecified atom stereocenters. The quantitative estimate of drug-likeness (QED) is 0.505. The summed E-state index contributed by atoms with van der Waals surface area (Å²) in [6.45, 7) is 5.78. The molecule has 1 fully saturated rings. The number of carbonyl (C=O) groups excluding carboxylic acids is 2. The first-order valence-electron chi connectivity index (χ1n) is 11.5. The molecule has 3 aromatic rings. The van der Waals surface area contributed by atoms with E-state index in [4.69, 9.17) is 0 Å². The van der Waals surface area contributed by atoms with Crippen LogP contribution in [0.1, 0.15) is 35.7 Å². The fraction of sp³-hybridized carbons (Fsp3) is 0.360. The number of hydrogen-bond acceptors (Lipinski definition) is 4. The summed E-state index contributed by atoms with van der Waals surface area (Å²) in [5.74, 6) is 0.0119. The first kappa shape index (κ1) is 23.3. The van der Waals surface area contributed by atoms with Crippen LogP contribution in [0, 0.1) is 12.8 Å². The summed E-state index contributed by atoms with van der Waals surface area (Å²) in [5, 5.41) is 5.72. The van der Waals surface area contributed by atoms with Crippen molar-refractivity contribution in [1.82, 2.24) is 19.8 Å².